The van der Waals surface area contributed by atoms with Crippen LogP contribution in [0.3, 0.4) is 0 Å². The number of nitrogens with two attached hydrogens (primary N) is 2. The Balaban J connectivity index is 0.000000463. The van der Waals surface area contributed by atoms with Crippen molar-refractivity contribution in [1.82, 2.24) is 0 Å². The minimum atomic E-state index is -0.422. The number of benzene rings is 9. The molecule has 2 nitrogen and oxygen atoms in total. The van der Waals surface area contributed by atoms with Crippen molar-refractivity contribution in [3.8, 4) is 33.4 Å². The lowest BCUT2D eigenvalue weighted by Crippen LogP contribution is -2.40. The van der Waals surface area contributed by atoms with Crippen molar-refractivity contribution in [3.63, 3.8) is 0 Å². The largest absolute Gasteiger partial charge is 0.274 e. The Morgan fingerprint density at radius 2 is 0.867 bits per heavy atom. The van der Waals surface area contributed by atoms with Crippen LogP contribution in [0.1, 0.15) is 63.9 Å². The summed E-state index contributed by atoms with van der Waals surface area (Å²) in [6, 6.07) is 78.6. The first-order chi connectivity index (χ1) is 29.4. The van der Waals surface area contributed by atoms with E-state index < -0.39 is 5.41 Å². The number of hydrazine groups is 1. The van der Waals surface area contributed by atoms with E-state index in [-0.39, 0.29) is 5.41 Å². The number of hydrogen-bond donors (Lipinski definition) is 2. The summed E-state index contributed by atoms with van der Waals surface area (Å²) in [6.45, 7) is 6.87. The summed E-state index contributed by atoms with van der Waals surface area (Å²) in [6.07, 6.45) is 0.929. The fourth-order valence-electron chi connectivity index (χ4n) is 10.0. The first-order valence-corrected chi connectivity index (χ1v) is 20.9. The zero-order valence-electron chi connectivity index (χ0n) is 34.6. The van der Waals surface area contributed by atoms with Crippen LogP contribution in [0.5, 0.6) is 0 Å². The zero-order valence-corrected chi connectivity index (χ0v) is 34.6. The minimum absolute atomic E-state index is 0.122. The van der Waals surface area contributed by atoms with E-state index >= 15 is 0 Å². The first-order valence-electron chi connectivity index (χ1n) is 20.9. The van der Waals surface area contributed by atoms with Crippen molar-refractivity contribution in [3.05, 3.63) is 262 Å². The summed E-state index contributed by atoms with van der Waals surface area (Å²) >= 11 is 0. The Kier molecular flexibility index (Phi) is 10.4. The second-order valence-electron chi connectivity index (χ2n) is 16.5. The van der Waals surface area contributed by atoms with Gasteiger partial charge in [0, 0.05) is 5.41 Å². The predicted octanol–water partition coefficient (Wildman–Crippen LogP) is 13.6. The van der Waals surface area contributed by atoms with Crippen LogP contribution < -0.4 is 11.7 Å². The molecule has 0 saturated heterocycles. The van der Waals surface area contributed by atoms with Crippen LogP contribution in [-0.2, 0) is 17.3 Å². The maximum Gasteiger partial charge on any atom is 0.0719 e. The molecule has 2 aliphatic rings. The average molecular weight is 775 g/mol. The summed E-state index contributed by atoms with van der Waals surface area (Å²) in [7, 11) is 0. The molecule has 0 aliphatic heterocycles. The van der Waals surface area contributed by atoms with Crippen LogP contribution in [-0.4, -0.2) is 0 Å². The van der Waals surface area contributed by atoms with Crippen LogP contribution >= 0.6 is 0 Å². The third kappa shape index (κ3) is 6.46. The van der Waals surface area contributed by atoms with E-state index in [0.29, 0.717) is 0 Å². The molecule has 1 spiro atoms. The van der Waals surface area contributed by atoms with Gasteiger partial charge in [-0.3, -0.25) is 11.7 Å². The van der Waals surface area contributed by atoms with Crippen molar-refractivity contribution in [2.24, 2.45) is 11.7 Å². The maximum absolute atomic E-state index is 4.00. The van der Waals surface area contributed by atoms with E-state index in [1.54, 1.807) is 0 Å². The average Bonchev–Trinajstić information content (AvgIpc) is 3.60. The van der Waals surface area contributed by atoms with Gasteiger partial charge in [0.05, 0.1) is 5.41 Å². The summed E-state index contributed by atoms with van der Waals surface area (Å²) in [5, 5.41) is 2.53. The van der Waals surface area contributed by atoms with E-state index in [9.17, 15) is 0 Å². The molecule has 0 fully saturated rings. The van der Waals surface area contributed by atoms with Crippen molar-refractivity contribution in [1.29, 1.82) is 0 Å². The monoisotopic (exact) mass is 774 g/mol. The Morgan fingerprint density at radius 1 is 0.383 bits per heavy atom. The fraction of sp³-hybridized carbons (Fsp3) is 0.103. The smallest absolute Gasteiger partial charge is 0.0719 e. The Bertz CT molecular complexity index is 2890. The third-order valence-electron chi connectivity index (χ3n) is 12.7. The first kappa shape index (κ1) is 38.7. The number of rotatable bonds is 4. The highest BCUT2D eigenvalue weighted by atomic mass is 15.0. The van der Waals surface area contributed by atoms with Crippen LogP contribution in [0.2, 0.25) is 0 Å². The van der Waals surface area contributed by atoms with Crippen LogP contribution in [0, 0.1) is 6.92 Å². The van der Waals surface area contributed by atoms with Gasteiger partial charge in [0.2, 0.25) is 0 Å². The molecule has 0 saturated carbocycles. The summed E-state index contributed by atoms with van der Waals surface area (Å²) < 4.78 is 0. The van der Waals surface area contributed by atoms with E-state index in [1.165, 1.54) is 94.2 Å². The molecule has 2 aliphatic carbocycles. The van der Waals surface area contributed by atoms with Gasteiger partial charge in [-0.15, -0.1) is 0 Å². The van der Waals surface area contributed by atoms with Gasteiger partial charge in [-0.1, -0.05) is 226 Å². The second-order valence-corrected chi connectivity index (χ2v) is 16.5. The highest BCUT2D eigenvalue weighted by Crippen LogP contribution is 2.62. The number of fused-ring (bicyclic) bond motifs is 10. The Labute approximate surface area is 354 Å². The zero-order chi connectivity index (χ0) is 41.3. The lowest BCUT2D eigenvalue weighted by atomic mass is 9.55. The van der Waals surface area contributed by atoms with E-state index in [4.69, 9.17) is 0 Å². The maximum atomic E-state index is 4.00. The van der Waals surface area contributed by atoms with E-state index in [1.807, 2.05) is 18.2 Å². The molecule has 0 unspecified atom stereocenters. The van der Waals surface area contributed by atoms with Crippen molar-refractivity contribution in [2.45, 2.75) is 38.0 Å². The van der Waals surface area contributed by atoms with E-state index in [2.05, 4.69) is 227 Å². The van der Waals surface area contributed by atoms with Crippen molar-refractivity contribution in [2.75, 3.05) is 0 Å². The van der Waals surface area contributed by atoms with Crippen LogP contribution in [0.15, 0.2) is 212 Å². The molecule has 0 bridgehead atoms. The Hall–Kier alpha value is -6.84. The van der Waals surface area contributed by atoms with Gasteiger partial charge >= 0.3 is 0 Å². The van der Waals surface area contributed by atoms with Gasteiger partial charge in [0.15, 0.2) is 0 Å². The molecule has 0 atom stereocenters. The van der Waals surface area contributed by atoms with Gasteiger partial charge in [0.25, 0.3) is 0 Å². The molecule has 2 heteroatoms. The predicted molar refractivity (Wildman–Crippen MR) is 253 cm³/mol. The Morgan fingerprint density at radius 3 is 1.50 bits per heavy atom. The summed E-state index contributed by atoms with van der Waals surface area (Å²) in [5.74, 6) is 8.00. The van der Waals surface area contributed by atoms with Gasteiger partial charge < -0.3 is 0 Å². The molecule has 4 N–H and O–H groups in total. The summed E-state index contributed by atoms with van der Waals surface area (Å²) in [4.78, 5) is 0. The molecular formula is C58H50N2. The molecule has 9 aromatic carbocycles. The molecule has 60 heavy (non-hydrogen) atoms. The molecule has 0 radical (unpaired) electrons. The van der Waals surface area contributed by atoms with Crippen molar-refractivity contribution >= 4 is 10.8 Å². The minimum Gasteiger partial charge on any atom is -0.274 e. The van der Waals surface area contributed by atoms with Crippen LogP contribution in [0.4, 0.5) is 0 Å². The third-order valence-corrected chi connectivity index (χ3v) is 12.7. The SMILES string of the molecule is CC1(C)c2ccccc2C2(c3ccccc3-c3ccc(-c4c(-c5ccc(Cc6ccccc6)cc5)ccc5ccccc45)cc32)c2ccccc21.Cc1ccccc1.NN. The highest BCUT2D eigenvalue weighted by molar-refractivity contribution is 6.05. The molecule has 0 amide bonds. The van der Waals surface area contributed by atoms with Gasteiger partial charge in [0.1, 0.15) is 0 Å². The standard InChI is InChI=1S/C51H38.C7H8.H4N2/c1-50(2)44-20-10-12-22-46(44)51(47-23-13-11-21-45(47)50)43-19-9-8-18-41(43)42-31-29-38(33-48(42)51)49-39-17-7-6-16-36(39)28-30-40(49)37-26-24-35(25-27-37)32-34-14-4-3-5-15-34;1-7-5-3-2-4-6-7;1-2/h3-31,33H,32H2,1-2H3;2-6H,1H3;1-2H2. The lowest BCUT2D eigenvalue weighted by Gasteiger charge is -2.46. The van der Waals surface area contributed by atoms with Gasteiger partial charge in [-0.05, 0) is 108 Å². The molecule has 9 aromatic rings. The van der Waals surface area contributed by atoms with Gasteiger partial charge in [-0.2, -0.15) is 0 Å². The second kappa shape index (κ2) is 16.1. The fourth-order valence-corrected chi connectivity index (χ4v) is 10.0. The molecular weight excluding hydrogens is 725 g/mol. The lowest BCUT2D eigenvalue weighted by molar-refractivity contribution is 0.563. The normalized spacial score (nSPS) is 13.4. The number of hydrogen-bond acceptors (Lipinski definition) is 2. The molecule has 0 aromatic heterocycles. The summed E-state index contributed by atoms with van der Waals surface area (Å²) in [5.41, 5.74) is 19.5. The highest BCUT2D eigenvalue weighted by Gasteiger charge is 2.53. The molecule has 11 rings (SSSR count). The van der Waals surface area contributed by atoms with Gasteiger partial charge in [-0.25, -0.2) is 0 Å². The molecule has 292 valence electrons. The van der Waals surface area contributed by atoms with E-state index in [0.717, 1.165) is 6.42 Å². The quantitative estimate of drug-likeness (QED) is 0.138. The topological polar surface area (TPSA) is 52.0 Å². The molecule has 0 heterocycles. The van der Waals surface area contributed by atoms with Crippen LogP contribution in [0.25, 0.3) is 44.2 Å². The number of aryl methyl sites for hydroxylation is 1. The van der Waals surface area contributed by atoms with Crippen molar-refractivity contribution < 1.29 is 0 Å².